The van der Waals surface area contributed by atoms with Crippen molar-refractivity contribution in [3.8, 4) is 11.8 Å². The van der Waals surface area contributed by atoms with E-state index in [2.05, 4.69) is 5.32 Å². The first kappa shape index (κ1) is 21.3. The molecule has 5 nitrogen and oxygen atoms in total. The van der Waals surface area contributed by atoms with E-state index in [0.29, 0.717) is 11.8 Å². The summed E-state index contributed by atoms with van der Waals surface area (Å²) < 4.78 is 44.5. The van der Waals surface area contributed by atoms with Crippen LogP contribution in [0.5, 0.6) is 5.75 Å². The summed E-state index contributed by atoms with van der Waals surface area (Å²) in [6.07, 6.45) is -3.90. The monoisotopic (exact) mass is 392 g/mol. The van der Waals surface area contributed by atoms with Crippen molar-refractivity contribution >= 4 is 11.6 Å². The lowest BCUT2D eigenvalue weighted by Crippen LogP contribution is -2.45. The second-order valence-corrected chi connectivity index (χ2v) is 6.38. The predicted molar refractivity (Wildman–Crippen MR) is 96.7 cm³/mol. The number of nitrogens with one attached hydrogen (secondary N) is 1. The summed E-state index contributed by atoms with van der Waals surface area (Å²) >= 11 is 0. The highest BCUT2D eigenvalue weighted by atomic mass is 19.4. The zero-order valence-electron chi connectivity index (χ0n) is 15.3. The summed E-state index contributed by atoms with van der Waals surface area (Å²) in [4.78, 5) is 12.3. The molecule has 8 heteroatoms. The Balaban J connectivity index is 2.09. The fraction of sp³-hybridized carbons (Fsp3) is 0.300. The van der Waals surface area contributed by atoms with E-state index in [1.54, 1.807) is 12.1 Å². The molecule has 0 aromatic heterocycles. The van der Waals surface area contributed by atoms with Gasteiger partial charge in [-0.25, -0.2) is 0 Å². The van der Waals surface area contributed by atoms with Gasteiger partial charge in [0.15, 0.2) is 5.60 Å². The number of nitrogens with zero attached hydrogens (tertiary/aromatic N) is 1. The topological polar surface area (TPSA) is 82.3 Å². The van der Waals surface area contributed by atoms with Crippen LogP contribution >= 0.6 is 0 Å². The lowest BCUT2D eigenvalue weighted by atomic mass is 10.1. The second-order valence-electron chi connectivity index (χ2n) is 6.38. The zero-order chi connectivity index (χ0) is 20.9. The Hall–Kier alpha value is -3.05. The maximum absolute atomic E-state index is 13.0. The average Bonchev–Trinajstić information content (AvgIpc) is 2.66. The van der Waals surface area contributed by atoms with E-state index in [9.17, 15) is 23.1 Å². The number of halogens is 3. The molecular formula is C20H19F3N2O3. The number of nitriles is 1. The molecule has 0 aliphatic rings. The maximum atomic E-state index is 13.0. The van der Waals surface area contributed by atoms with Gasteiger partial charge in [0.2, 0.25) is 0 Å². The molecule has 0 saturated carbocycles. The summed E-state index contributed by atoms with van der Waals surface area (Å²) in [7, 11) is 0. The molecular weight excluding hydrogens is 373 g/mol. The molecule has 1 atom stereocenters. The number of anilines is 1. The molecule has 0 spiro atoms. The highest BCUT2D eigenvalue weighted by Gasteiger charge is 2.35. The molecule has 1 amide bonds. The highest BCUT2D eigenvalue weighted by molar-refractivity contribution is 5.97. The first-order chi connectivity index (χ1) is 13.1. The second kappa shape index (κ2) is 8.31. The van der Waals surface area contributed by atoms with E-state index in [1.807, 2.05) is 19.1 Å². The minimum Gasteiger partial charge on any atom is -0.490 e. The molecule has 0 aliphatic heterocycles. The van der Waals surface area contributed by atoms with Crippen LogP contribution in [0.4, 0.5) is 18.9 Å². The highest BCUT2D eigenvalue weighted by Crippen LogP contribution is 2.33. The van der Waals surface area contributed by atoms with Crippen LogP contribution in [-0.2, 0) is 17.4 Å². The van der Waals surface area contributed by atoms with Gasteiger partial charge in [-0.1, -0.05) is 19.1 Å². The Morgan fingerprint density at radius 1 is 1.21 bits per heavy atom. The number of alkyl halides is 3. The third-order valence-electron chi connectivity index (χ3n) is 4.04. The van der Waals surface area contributed by atoms with Gasteiger partial charge >= 0.3 is 6.18 Å². The third kappa shape index (κ3) is 5.24. The molecule has 0 saturated heterocycles. The van der Waals surface area contributed by atoms with Crippen molar-refractivity contribution in [2.24, 2.45) is 0 Å². The number of rotatable bonds is 6. The van der Waals surface area contributed by atoms with Gasteiger partial charge in [-0.15, -0.1) is 0 Å². The molecule has 0 aliphatic carbocycles. The Labute approximate surface area is 160 Å². The minimum atomic E-state index is -4.75. The van der Waals surface area contributed by atoms with Gasteiger partial charge in [0, 0.05) is 5.69 Å². The number of benzene rings is 2. The molecule has 0 unspecified atom stereocenters. The zero-order valence-corrected chi connectivity index (χ0v) is 15.3. The molecule has 2 aromatic rings. The molecule has 0 bridgehead atoms. The average molecular weight is 392 g/mol. The molecule has 2 N–H and O–H groups in total. The number of aliphatic hydroxyl groups is 1. The Bertz CT molecular complexity index is 885. The molecule has 0 heterocycles. The third-order valence-corrected chi connectivity index (χ3v) is 4.04. The summed E-state index contributed by atoms with van der Waals surface area (Å²) in [5.41, 5.74) is -2.81. The van der Waals surface area contributed by atoms with Gasteiger partial charge in [0.05, 0.1) is 17.2 Å². The van der Waals surface area contributed by atoms with Crippen LogP contribution in [0.3, 0.4) is 0 Å². The number of carbonyl (C=O) groups excluding carboxylic acids is 1. The van der Waals surface area contributed by atoms with Crippen LogP contribution in [0.1, 0.15) is 30.5 Å². The molecule has 28 heavy (non-hydrogen) atoms. The molecule has 2 rings (SSSR count). The van der Waals surface area contributed by atoms with Crippen molar-refractivity contribution in [3.63, 3.8) is 0 Å². The lowest BCUT2D eigenvalue weighted by molar-refractivity contribution is -0.138. The predicted octanol–water partition coefficient (Wildman–Crippen LogP) is 3.91. The lowest BCUT2D eigenvalue weighted by Gasteiger charge is -2.23. The molecule has 0 radical (unpaired) electrons. The van der Waals surface area contributed by atoms with Gasteiger partial charge in [-0.05, 0) is 49.2 Å². The minimum absolute atomic E-state index is 0.191. The Morgan fingerprint density at radius 2 is 1.86 bits per heavy atom. The number of carbonyl (C=O) groups is 1. The van der Waals surface area contributed by atoms with Gasteiger partial charge in [-0.3, -0.25) is 4.79 Å². The molecule has 2 aromatic carbocycles. The van der Waals surface area contributed by atoms with E-state index in [4.69, 9.17) is 10.00 Å². The van der Waals surface area contributed by atoms with Crippen LogP contribution in [0.2, 0.25) is 0 Å². The largest absolute Gasteiger partial charge is 0.490 e. The fourth-order valence-electron chi connectivity index (χ4n) is 2.33. The number of amides is 1. The quantitative estimate of drug-likeness (QED) is 0.781. The maximum Gasteiger partial charge on any atom is 0.417 e. The standard InChI is InChI=1S/C20H19F3N2O3/c1-3-13-4-8-16(9-5-13)28-12-19(2,27)18(26)25-15-7-6-14(11-24)17(10-15)20(21,22)23/h4-10,27H,3,12H2,1-2H3,(H,25,26)/t19-/m0/s1. The van der Waals surface area contributed by atoms with E-state index in [0.717, 1.165) is 24.1 Å². The summed E-state index contributed by atoms with van der Waals surface area (Å²) in [6.45, 7) is 2.79. The van der Waals surface area contributed by atoms with Crippen LogP contribution in [0.25, 0.3) is 0 Å². The van der Waals surface area contributed by atoms with Crippen molar-refractivity contribution in [2.75, 3.05) is 11.9 Å². The number of hydrogen-bond donors (Lipinski definition) is 2. The fourth-order valence-corrected chi connectivity index (χ4v) is 2.33. The van der Waals surface area contributed by atoms with Crippen molar-refractivity contribution in [2.45, 2.75) is 32.0 Å². The summed E-state index contributed by atoms with van der Waals surface area (Å²) in [5.74, 6) is -0.487. The Morgan fingerprint density at radius 3 is 2.39 bits per heavy atom. The smallest absolute Gasteiger partial charge is 0.417 e. The summed E-state index contributed by atoms with van der Waals surface area (Å²) in [6, 6.07) is 11.3. The number of aryl methyl sites for hydroxylation is 1. The number of hydrogen-bond acceptors (Lipinski definition) is 4. The summed E-state index contributed by atoms with van der Waals surface area (Å²) in [5, 5.41) is 21.3. The number of ether oxygens (including phenoxy) is 1. The van der Waals surface area contributed by atoms with Gasteiger partial charge in [-0.2, -0.15) is 18.4 Å². The van der Waals surface area contributed by atoms with E-state index < -0.39 is 35.4 Å². The molecule has 0 fully saturated rings. The van der Waals surface area contributed by atoms with Crippen LogP contribution < -0.4 is 10.1 Å². The first-order valence-electron chi connectivity index (χ1n) is 8.43. The first-order valence-corrected chi connectivity index (χ1v) is 8.43. The van der Waals surface area contributed by atoms with Gasteiger partial charge in [0.1, 0.15) is 12.4 Å². The van der Waals surface area contributed by atoms with E-state index in [1.165, 1.54) is 13.0 Å². The Kier molecular flexibility index (Phi) is 6.31. The van der Waals surface area contributed by atoms with Crippen LogP contribution in [-0.4, -0.2) is 23.2 Å². The van der Waals surface area contributed by atoms with Gasteiger partial charge < -0.3 is 15.2 Å². The van der Waals surface area contributed by atoms with Crippen molar-refractivity contribution in [1.82, 2.24) is 0 Å². The van der Waals surface area contributed by atoms with Crippen molar-refractivity contribution < 1.29 is 27.8 Å². The molecule has 148 valence electrons. The van der Waals surface area contributed by atoms with Gasteiger partial charge in [0.25, 0.3) is 5.91 Å². The van der Waals surface area contributed by atoms with E-state index >= 15 is 0 Å². The van der Waals surface area contributed by atoms with Crippen LogP contribution in [0, 0.1) is 11.3 Å². The van der Waals surface area contributed by atoms with E-state index in [-0.39, 0.29) is 5.69 Å². The SMILES string of the molecule is CCc1ccc(OC[C@](C)(O)C(=O)Nc2ccc(C#N)c(C(F)(F)F)c2)cc1. The van der Waals surface area contributed by atoms with Crippen molar-refractivity contribution in [1.29, 1.82) is 5.26 Å². The normalized spacial score (nSPS) is 13.3. The van der Waals surface area contributed by atoms with Crippen molar-refractivity contribution in [3.05, 3.63) is 59.2 Å². The van der Waals surface area contributed by atoms with Crippen LogP contribution in [0.15, 0.2) is 42.5 Å².